The van der Waals surface area contributed by atoms with Gasteiger partial charge in [0.15, 0.2) is 5.76 Å². The zero-order valence-electron chi connectivity index (χ0n) is 14.6. The first-order valence-corrected chi connectivity index (χ1v) is 8.47. The van der Waals surface area contributed by atoms with E-state index in [0.717, 1.165) is 16.8 Å². The van der Waals surface area contributed by atoms with Gasteiger partial charge in [-0.2, -0.15) is 0 Å². The van der Waals surface area contributed by atoms with E-state index >= 15 is 0 Å². The SMILES string of the molecule is Cc1cccc(C)c1NCC(=O)N1CCN(C(=O)c2ccco2)CC1. The number of hydrogen-bond acceptors (Lipinski definition) is 4. The Labute approximate surface area is 147 Å². The molecule has 2 heterocycles. The van der Waals surface area contributed by atoms with Crippen LogP contribution < -0.4 is 5.32 Å². The third-order valence-electron chi connectivity index (χ3n) is 4.55. The highest BCUT2D eigenvalue weighted by molar-refractivity contribution is 5.91. The first-order valence-electron chi connectivity index (χ1n) is 8.47. The minimum atomic E-state index is -0.120. The molecule has 1 aliphatic heterocycles. The predicted molar refractivity (Wildman–Crippen MR) is 95.6 cm³/mol. The Hall–Kier alpha value is -2.76. The largest absolute Gasteiger partial charge is 0.459 e. The molecule has 2 aromatic rings. The number of anilines is 1. The molecule has 3 rings (SSSR count). The standard InChI is InChI=1S/C19H23N3O3/c1-14-5-3-6-15(2)18(14)20-13-17(23)21-8-10-22(11-9-21)19(24)16-7-4-12-25-16/h3-7,12,20H,8-11,13H2,1-2H3. The molecule has 0 atom stereocenters. The highest BCUT2D eigenvalue weighted by Gasteiger charge is 2.25. The first-order chi connectivity index (χ1) is 12.1. The van der Waals surface area contributed by atoms with Crippen LogP contribution >= 0.6 is 0 Å². The maximum Gasteiger partial charge on any atom is 0.289 e. The van der Waals surface area contributed by atoms with Crippen molar-refractivity contribution in [3.63, 3.8) is 0 Å². The summed E-state index contributed by atoms with van der Waals surface area (Å²) >= 11 is 0. The molecule has 2 amide bonds. The molecule has 1 fully saturated rings. The van der Waals surface area contributed by atoms with Crippen LogP contribution in [0.15, 0.2) is 41.0 Å². The molecule has 6 heteroatoms. The number of carbonyl (C=O) groups excluding carboxylic acids is 2. The fraction of sp³-hybridized carbons (Fsp3) is 0.368. The van der Waals surface area contributed by atoms with Crippen molar-refractivity contribution in [2.75, 3.05) is 38.0 Å². The van der Waals surface area contributed by atoms with Gasteiger partial charge in [0.25, 0.3) is 5.91 Å². The number of benzene rings is 1. The van der Waals surface area contributed by atoms with Gasteiger partial charge in [-0.3, -0.25) is 9.59 Å². The topological polar surface area (TPSA) is 65.8 Å². The zero-order valence-corrected chi connectivity index (χ0v) is 14.6. The highest BCUT2D eigenvalue weighted by atomic mass is 16.3. The maximum absolute atomic E-state index is 12.4. The third kappa shape index (κ3) is 3.84. The van der Waals surface area contributed by atoms with Crippen LogP contribution in [0.25, 0.3) is 0 Å². The molecule has 6 nitrogen and oxygen atoms in total. The predicted octanol–water partition coefficient (Wildman–Crippen LogP) is 2.29. The third-order valence-corrected chi connectivity index (χ3v) is 4.55. The highest BCUT2D eigenvalue weighted by Crippen LogP contribution is 2.19. The number of hydrogen-bond donors (Lipinski definition) is 1. The number of furan rings is 1. The Morgan fingerprint density at radius 1 is 1.00 bits per heavy atom. The lowest BCUT2D eigenvalue weighted by Crippen LogP contribution is -2.51. The number of nitrogens with one attached hydrogen (secondary N) is 1. The van der Waals surface area contributed by atoms with E-state index < -0.39 is 0 Å². The molecule has 1 aromatic carbocycles. The van der Waals surface area contributed by atoms with Crippen LogP contribution in [0.4, 0.5) is 5.69 Å². The van der Waals surface area contributed by atoms with E-state index in [0.29, 0.717) is 31.9 Å². The molecule has 1 aromatic heterocycles. The van der Waals surface area contributed by atoms with Crippen LogP contribution in [0.1, 0.15) is 21.7 Å². The number of nitrogens with zero attached hydrogens (tertiary/aromatic N) is 2. The molecule has 1 saturated heterocycles. The number of aryl methyl sites for hydroxylation is 2. The van der Waals surface area contributed by atoms with E-state index in [2.05, 4.69) is 5.32 Å². The van der Waals surface area contributed by atoms with Gasteiger partial charge in [-0.05, 0) is 37.1 Å². The number of rotatable bonds is 4. The smallest absolute Gasteiger partial charge is 0.289 e. The molecule has 0 aliphatic carbocycles. The van der Waals surface area contributed by atoms with Gasteiger partial charge in [0.05, 0.1) is 12.8 Å². The molecule has 0 unspecified atom stereocenters. The van der Waals surface area contributed by atoms with E-state index in [9.17, 15) is 9.59 Å². The summed E-state index contributed by atoms with van der Waals surface area (Å²) in [4.78, 5) is 28.2. The Balaban J connectivity index is 1.51. The van der Waals surface area contributed by atoms with Gasteiger partial charge in [-0.25, -0.2) is 0 Å². The van der Waals surface area contributed by atoms with Crippen molar-refractivity contribution in [3.05, 3.63) is 53.5 Å². The lowest BCUT2D eigenvalue weighted by molar-refractivity contribution is -0.130. The number of para-hydroxylation sites is 1. The summed E-state index contributed by atoms with van der Waals surface area (Å²) in [5.41, 5.74) is 3.27. The van der Waals surface area contributed by atoms with Crippen LogP contribution in [0.2, 0.25) is 0 Å². The van der Waals surface area contributed by atoms with Crippen molar-refractivity contribution in [2.45, 2.75) is 13.8 Å². The van der Waals surface area contributed by atoms with Crippen molar-refractivity contribution in [2.24, 2.45) is 0 Å². The van der Waals surface area contributed by atoms with E-state index in [1.165, 1.54) is 6.26 Å². The maximum atomic E-state index is 12.4. The molecule has 1 aliphatic rings. The molecular weight excluding hydrogens is 318 g/mol. The van der Waals surface area contributed by atoms with Gasteiger partial charge in [0.2, 0.25) is 5.91 Å². The Morgan fingerprint density at radius 3 is 2.24 bits per heavy atom. The first kappa shape index (κ1) is 17.1. The molecule has 0 radical (unpaired) electrons. The zero-order chi connectivity index (χ0) is 17.8. The summed E-state index contributed by atoms with van der Waals surface area (Å²) in [5.74, 6) is 0.273. The van der Waals surface area contributed by atoms with Crippen LogP contribution in [0.3, 0.4) is 0 Å². The molecule has 0 saturated carbocycles. The lowest BCUT2D eigenvalue weighted by atomic mass is 10.1. The molecule has 0 spiro atoms. The van der Waals surface area contributed by atoms with Gasteiger partial charge in [0.1, 0.15) is 0 Å². The number of piperazine rings is 1. The second-order valence-corrected chi connectivity index (χ2v) is 6.27. The van der Waals surface area contributed by atoms with Crippen LogP contribution in [0, 0.1) is 13.8 Å². The van der Waals surface area contributed by atoms with E-state index in [1.807, 2.05) is 32.0 Å². The van der Waals surface area contributed by atoms with E-state index in [1.54, 1.807) is 21.9 Å². The van der Waals surface area contributed by atoms with Crippen molar-refractivity contribution in [3.8, 4) is 0 Å². The van der Waals surface area contributed by atoms with Gasteiger partial charge in [-0.1, -0.05) is 18.2 Å². The Kier molecular flexibility index (Phi) is 5.07. The monoisotopic (exact) mass is 341 g/mol. The molecule has 0 bridgehead atoms. The van der Waals surface area contributed by atoms with Crippen molar-refractivity contribution in [1.82, 2.24) is 9.80 Å². The molecule has 132 valence electrons. The Morgan fingerprint density at radius 2 is 1.64 bits per heavy atom. The van der Waals surface area contributed by atoms with Crippen molar-refractivity contribution in [1.29, 1.82) is 0 Å². The molecular formula is C19H23N3O3. The molecule has 25 heavy (non-hydrogen) atoms. The van der Waals surface area contributed by atoms with Crippen molar-refractivity contribution < 1.29 is 14.0 Å². The summed E-state index contributed by atoms with van der Waals surface area (Å²) in [5, 5.41) is 3.25. The second-order valence-electron chi connectivity index (χ2n) is 6.27. The average molecular weight is 341 g/mol. The summed E-state index contributed by atoms with van der Waals surface area (Å²) in [6.07, 6.45) is 1.49. The van der Waals surface area contributed by atoms with Gasteiger partial charge >= 0.3 is 0 Å². The molecule has 1 N–H and O–H groups in total. The van der Waals surface area contributed by atoms with E-state index in [4.69, 9.17) is 4.42 Å². The minimum Gasteiger partial charge on any atom is -0.459 e. The summed E-state index contributed by atoms with van der Waals surface area (Å²) in [7, 11) is 0. The summed E-state index contributed by atoms with van der Waals surface area (Å²) in [6, 6.07) is 9.42. The van der Waals surface area contributed by atoms with Crippen LogP contribution in [0.5, 0.6) is 0 Å². The van der Waals surface area contributed by atoms with Gasteiger partial charge in [0, 0.05) is 31.9 Å². The second kappa shape index (κ2) is 7.42. The quantitative estimate of drug-likeness (QED) is 0.927. The van der Waals surface area contributed by atoms with Gasteiger partial charge < -0.3 is 19.5 Å². The summed E-state index contributed by atoms with van der Waals surface area (Å²) < 4.78 is 5.15. The van der Waals surface area contributed by atoms with Crippen molar-refractivity contribution >= 4 is 17.5 Å². The lowest BCUT2D eigenvalue weighted by Gasteiger charge is -2.34. The van der Waals surface area contributed by atoms with Crippen LogP contribution in [-0.2, 0) is 4.79 Å². The van der Waals surface area contributed by atoms with Crippen LogP contribution in [-0.4, -0.2) is 54.3 Å². The van der Waals surface area contributed by atoms with Gasteiger partial charge in [-0.15, -0.1) is 0 Å². The summed E-state index contributed by atoms with van der Waals surface area (Å²) in [6.45, 7) is 6.44. The minimum absolute atomic E-state index is 0.0488. The van der Waals surface area contributed by atoms with E-state index in [-0.39, 0.29) is 18.4 Å². The fourth-order valence-corrected chi connectivity index (χ4v) is 3.08. The number of amides is 2. The average Bonchev–Trinajstić information content (AvgIpc) is 3.15. The normalized spacial score (nSPS) is 14.5. The fourth-order valence-electron chi connectivity index (χ4n) is 3.08. The Bertz CT molecular complexity index is 727. The number of carbonyl (C=O) groups is 2.